The molecule has 0 aromatic heterocycles. The lowest BCUT2D eigenvalue weighted by atomic mass is 10.1. The van der Waals surface area contributed by atoms with Gasteiger partial charge in [-0.05, 0) is 30.7 Å². The molecular weight excluding hydrogens is 250 g/mol. The van der Waals surface area contributed by atoms with E-state index < -0.39 is 0 Å². The first-order valence-corrected chi connectivity index (χ1v) is 6.56. The molecular formula is C13H18ClN3O. The molecule has 0 saturated carbocycles. The lowest BCUT2D eigenvalue weighted by Crippen LogP contribution is -2.36. The molecule has 2 rings (SSSR count). The third-order valence-corrected chi connectivity index (χ3v) is 3.23. The molecule has 1 aliphatic heterocycles. The van der Waals surface area contributed by atoms with E-state index in [1.54, 1.807) is 0 Å². The van der Waals surface area contributed by atoms with Crippen LogP contribution in [0.5, 0.6) is 0 Å². The Morgan fingerprint density at radius 2 is 2.17 bits per heavy atom. The second-order valence-corrected chi connectivity index (χ2v) is 4.57. The van der Waals surface area contributed by atoms with Gasteiger partial charge in [0.15, 0.2) is 0 Å². The van der Waals surface area contributed by atoms with Crippen molar-refractivity contribution in [1.29, 1.82) is 0 Å². The number of halogens is 1. The van der Waals surface area contributed by atoms with Crippen LogP contribution in [0.1, 0.15) is 5.56 Å². The molecule has 0 radical (unpaired) electrons. The highest BCUT2D eigenvalue weighted by molar-refractivity contribution is 6.28. The number of aryl methyl sites for hydroxylation is 1. The number of hydrogen-bond acceptors (Lipinski definition) is 3. The van der Waals surface area contributed by atoms with Gasteiger partial charge in [0.2, 0.25) is 0 Å². The maximum absolute atomic E-state index is 5.65. The van der Waals surface area contributed by atoms with E-state index in [9.17, 15) is 0 Å². The topological polar surface area (TPSA) is 50.8 Å². The number of rotatable bonds is 3. The molecule has 0 bridgehead atoms. The standard InChI is InChI=1S/C13H18ClN3O/c1-10-8-11(17-4-6-18-7-5-17)2-3-12(10)16-13(15)9-14/h2-3,8H,4-7,9H2,1H3,(H2,15,16). The summed E-state index contributed by atoms with van der Waals surface area (Å²) in [5.41, 5.74) is 8.84. The second-order valence-electron chi connectivity index (χ2n) is 4.31. The summed E-state index contributed by atoms with van der Waals surface area (Å²) < 4.78 is 5.35. The fourth-order valence-electron chi connectivity index (χ4n) is 1.97. The van der Waals surface area contributed by atoms with Crippen molar-refractivity contribution in [2.45, 2.75) is 6.92 Å². The van der Waals surface area contributed by atoms with Crippen molar-refractivity contribution in [3.8, 4) is 0 Å². The highest BCUT2D eigenvalue weighted by Gasteiger charge is 2.11. The summed E-state index contributed by atoms with van der Waals surface area (Å²) in [5, 5.41) is 0. The first-order chi connectivity index (χ1) is 8.70. The van der Waals surface area contributed by atoms with Gasteiger partial charge in [-0.3, -0.25) is 0 Å². The highest BCUT2D eigenvalue weighted by atomic mass is 35.5. The molecule has 1 aromatic carbocycles. The van der Waals surface area contributed by atoms with Gasteiger partial charge >= 0.3 is 0 Å². The summed E-state index contributed by atoms with van der Waals surface area (Å²) >= 11 is 5.63. The van der Waals surface area contributed by atoms with Crippen LogP contribution < -0.4 is 10.6 Å². The molecule has 1 aromatic rings. The molecule has 4 nitrogen and oxygen atoms in total. The van der Waals surface area contributed by atoms with Crippen LogP contribution in [0.3, 0.4) is 0 Å². The molecule has 1 fully saturated rings. The van der Waals surface area contributed by atoms with Crippen LogP contribution in [0.25, 0.3) is 0 Å². The summed E-state index contributed by atoms with van der Waals surface area (Å²) in [4.78, 5) is 6.60. The van der Waals surface area contributed by atoms with E-state index in [4.69, 9.17) is 22.1 Å². The number of aliphatic imine (C=N–C) groups is 1. The van der Waals surface area contributed by atoms with Crippen LogP contribution in [0.4, 0.5) is 11.4 Å². The Balaban J connectivity index is 2.18. The normalized spacial score (nSPS) is 17.0. The summed E-state index contributed by atoms with van der Waals surface area (Å²) in [5.74, 6) is 0.698. The average molecular weight is 268 g/mol. The van der Waals surface area contributed by atoms with E-state index in [2.05, 4.69) is 22.0 Å². The van der Waals surface area contributed by atoms with Crippen molar-refractivity contribution in [2.75, 3.05) is 37.1 Å². The Kier molecular flexibility index (Phi) is 4.44. The summed E-state index contributed by atoms with van der Waals surface area (Å²) in [6.07, 6.45) is 0. The first kappa shape index (κ1) is 13.2. The highest BCUT2D eigenvalue weighted by Crippen LogP contribution is 2.25. The fourth-order valence-corrected chi connectivity index (χ4v) is 2.03. The van der Waals surface area contributed by atoms with Crippen LogP contribution >= 0.6 is 11.6 Å². The zero-order valence-corrected chi connectivity index (χ0v) is 11.3. The predicted molar refractivity (Wildman–Crippen MR) is 76.2 cm³/mol. The number of alkyl halides is 1. The quantitative estimate of drug-likeness (QED) is 0.518. The monoisotopic (exact) mass is 267 g/mol. The zero-order valence-electron chi connectivity index (χ0n) is 10.5. The molecule has 18 heavy (non-hydrogen) atoms. The van der Waals surface area contributed by atoms with Gasteiger partial charge < -0.3 is 15.4 Å². The molecule has 1 aliphatic rings. The molecule has 0 amide bonds. The molecule has 1 saturated heterocycles. The largest absolute Gasteiger partial charge is 0.386 e. The van der Waals surface area contributed by atoms with Gasteiger partial charge in [-0.15, -0.1) is 11.6 Å². The van der Waals surface area contributed by atoms with Gasteiger partial charge in [-0.25, -0.2) is 4.99 Å². The Morgan fingerprint density at radius 3 is 2.78 bits per heavy atom. The molecule has 1 heterocycles. The fraction of sp³-hybridized carbons (Fsp3) is 0.462. The van der Waals surface area contributed by atoms with Crippen molar-refractivity contribution in [1.82, 2.24) is 0 Å². The summed E-state index contributed by atoms with van der Waals surface area (Å²) in [6, 6.07) is 6.18. The predicted octanol–water partition coefficient (Wildman–Crippen LogP) is 2.06. The van der Waals surface area contributed by atoms with Crippen molar-refractivity contribution in [3.63, 3.8) is 0 Å². The molecule has 0 aliphatic carbocycles. The summed E-state index contributed by atoms with van der Waals surface area (Å²) in [7, 11) is 0. The van der Waals surface area contributed by atoms with E-state index in [0.717, 1.165) is 37.6 Å². The number of anilines is 1. The van der Waals surface area contributed by atoms with Gasteiger partial charge in [-0.1, -0.05) is 0 Å². The Bertz CT molecular complexity index is 442. The minimum atomic E-state index is 0.255. The van der Waals surface area contributed by atoms with Crippen LogP contribution in [0.15, 0.2) is 23.2 Å². The third kappa shape index (κ3) is 3.15. The molecule has 0 unspecified atom stereocenters. The average Bonchev–Trinajstić information content (AvgIpc) is 2.42. The van der Waals surface area contributed by atoms with Crippen LogP contribution in [-0.4, -0.2) is 38.0 Å². The van der Waals surface area contributed by atoms with Crippen molar-refractivity contribution in [2.24, 2.45) is 10.7 Å². The van der Waals surface area contributed by atoms with Gasteiger partial charge in [-0.2, -0.15) is 0 Å². The molecule has 98 valence electrons. The molecule has 0 atom stereocenters. The number of nitrogens with zero attached hydrogens (tertiary/aromatic N) is 2. The SMILES string of the molecule is Cc1cc(N2CCOCC2)ccc1N=C(N)CCl. The van der Waals surface area contributed by atoms with E-state index >= 15 is 0 Å². The van der Waals surface area contributed by atoms with Crippen molar-refractivity contribution in [3.05, 3.63) is 23.8 Å². The Hall–Kier alpha value is -1.26. The number of amidine groups is 1. The summed E-state index contributed by atoms with van der Waals surface area (Å²) in [6.45, 7) is 5.48. The van der Waals surface area contributed by atoms with Crippen molar-refractivity contribution < 1.29 is 4.74 Å². The number of ether oxygens (including phenoxy) is 1. The number of morpholine rings is 1. The minimum Gasteiger partial charge on any atom is -0.386 e. The van der Waals surface area contributed by atoms with Crippen molar-refractivity contribution >= 4 is 28.8 Å². The Morgan fingerprint density at radius 1 is 1.44 bits per heavy atom. The van der Waals surface area contributed by atoms with E-state index in [-0.39, 0.29) is 5.88 Å². The van der Waals surface area contributed by atoms with Gasteiger partial charge in [0.25, 0.3) is 0 Å². The van der Waals surface area contributed by atoms with Gasteiger partial charge in [0.05, 0.1) is 24.8 Å². The number of hydrogen-bond donors (Lipinski definition) is 1. The molecule has 0 spiro atoms. The maximum Gasteiger partial charge on any atom is 0.115 e. The third-order valence-electron chi connectivity index (χ3n) is 2.96. The van der Waals surface area contributed by atoms with Gasteiger partial charge in [0.1, 0.15) is 5.84 Å². The number of benzene rings is 1. The van der Waals surface area contributed by atoms with Crippen LogP contribution in [0, 0.1) is 6.92 Å². The zero-order chi connectivity index (χ0) is 13.0. The van der Waals surface area contributed by atoms with E-state index in [0.29, 0.717) is 5.84 Å². The van der Waals surface area contributed by atoms with E-state index in [1.807, 2.05) is 13.0 Å². The van der Waals surface area contributed by atoms with Crippen LogP contribution in [-0.2, 0) is 4.74 Å². The van der Waals surface area contributed by atoms with Crippen LogP contribution in [0.2, 0.25) is 0 Å². The van der Waals surface area contributed by atoms with Gasteiger partial charge in [0, 0.05) is 18.8 Å². The molecule has 5 heteroatoms. The van der Waals surface area contributed by atoms with E-state index in [1.165, 1.54) is 5.69 Å². The first-order valence-electron chi connectivity index (χ1n) is 6.03. The maximum atomic E-state index is 5.65. The molecule has 2 N–H and O–H groups in total. The second kappa shape index (κ2) is 6.07. The Labute approximate surface area is 112 Å². The lowest BCUT2D eigenvalue weighted by molar-refractivity contribution is 0.122. The minimum absolute atomic E-state index is 0.255. The number of nitrogens with two attached hydrogens (primary N) is 1. The smallest absolute Gasteiger partial charge is 0.115 e. The lowest BCUT2D eigenvalue weighted by Gasteiger charge is -2.29.